The normalized spacial score (nSPS) is 13.3. The van der Waals surface area contributed by atoms with Gasteiger partial charge in [0.25, 0.3) is 0 Å². The number of rotatable bonds is 9. The fraction of sp³-hybridized carbons (Fsp3) is 0.421. The van der Waals surface area contributed by atoms with Crippen LogP contribution in [0.15, 0.2) is 30.5 Å². The van der Waals surface area contributed by atoms with E-state index in [-0.39, 0.29) is 12.3 Å². The van der Waals surface area contributed by atoms with Crippen molar-refractivity contribution in [3.8, 4) is 0 Å². The number of carboxylic acid groups (broad SMARTS) is 1. The number of carboxylic acids is 1. The van der Waals surface area contributed by atoms with Crippen LogP contribution in [0.25, 0.3) is 10.9 Å². The number of nitrogens with one attached hydrogen (secondary N) is 3. The number of aliphatic carboxylic acids is 1. The molecule has 146 valence electrons. The fourth-order valence-electron chi connectivity index (χ4n) is 2.91. The van der Waals surface area contributed by atoms with E-state index in [1.807, 2.05) is 38.1 Å². The number of amides is 2. The van der Waals surface area contributed by atoms with E-state index in [1.165, 1.54) is 0 Å². The van der Waals surface area contributed by atoms with Gasteiger partial charge >= 0.3 is 5.97 Å². The maximum absolute atomic E-state index is 12.5. The molecule has 0 bridgehead atoms. The number of aromatic amines is 1. The summed E-state index contributed by atoms with van der Waals surface area (Å²) in [5.74, 6) is -1.91. The predicted molar refractivity (Wildman–Crippen MR) is 102 cm³/mol. The van der Waals surface area contributed by atoms with Crippen LogP contribution >= 0.6 is 0 Å². The molecule has 8 nitrogen and oxygen atoms in total. The molecule has 0 fully saturated rings. The van der Waals surface area contributed by atoms with Crippen molar-refractivity contribution in [3.63, 3.8) is 0 Å². The summed E-state index contributed by atoms with van der Waals surface area (Å²) >= 11 is 0. The van der Waals surface area contributed by atoms with Crippen molar-refractivity contribution in [2.45, 2.75) is 38.8 Å². The minimum absolute atomic E-state index is 0.218. The molecule has 2 amide bonds. The van der Waals surface area contributed by atoms with Crippen LogP contribution in [-0.4, -0.2) is 46.5 Å². The molecule has 1 aromatic carbocycles. The van der Waals surface area contributed by atoms with Crippen molar-refractivity contribution in [3.05, 3.63) is 36.0 Å². The van der Waals surface area contributed by atoms with Gasteiger partial charge in [0, 0.05) is 23.5 Å². The molecule has 0 aliphatic carbocycles. The molecule has 0 aliphatic rings. The van der Waals surface area contributed by atoms with Gasteiger partial charge in [0.1, 0.15) is 12.6 Å². The molecule has 1 aromatic heterocycles. The van der Waals surface area contributed by atoms with Gasteiger partial charge in [-0.25, -0.2) is 0 Å². The zero-order valence-electron chi connectivity index (χ0n) is 15.5. The average Bonchev–Trinajstić information content (AvgIpc) is 3.01. The summed E-state index contributed by atoms with van der Waals surface area (Å²) in [6.07, 6.45) is 2.49. The van der Waals surface area contributed by atoms with Gasteiger partial charge in [-0.1, -0.05) is 32.0 Å². The number of hydrogen-bond acceptors (Lipinski definition) is 4. The van der Waals surface area contributed by atoms with Crippen molar-refractivity contribution in [1.29, 1.82) is 0 Å². The van der Waals surface area contributed by atoms with Gasteiger partial charge < -0.3 is 26.5 Å². The minimum atomic E-state index is -1.16. The zero-order valence-corrected chi connectivity index (χ0v) is 15.5. The summed E-state index contributed by atoms with van der Waals surface area (Å²) in [6.45, 7) is 3.39. The molecule has 0 radical (unpaired) electrons. The topological polar surface area (TPSA) is 137 Å². The Hall–Kier alpha value is -2.87. The first-order chi connectivity index (χ1) is 12.8. The third-order valence-electron chi connectivity index (χ3n) is 4.21. The maximum atomic E-state index is 12.5. The van der Waals surface area contributed by atoms with Crippen molar-refractivity contribution in [2.24, 2.45) is 11.7 Å². The van der Waals surface area contributed by atoms with Gasteiger partial charge in [0.2, 0.25) is 11.8 Å². The Morgan fingerprint density at radius 3 is 2.56 bits per heavy atom. The van der Waals surface area contributed by atoms with E-state index < -0.39 is 36.4 Å². The summed E-state index contributed by atoms with van der Waals surface area (Å²) in [4.78, 5) is 38.7. The third-order valence-corrected chi connectivity index (χ3v) is 4.21. The SMILES string of the molecule is CC(C)C[C@H](N)C(=O)N[C@@H](Cc1c[nH]c2ccccc12)C(=O)NCC(=O)O. The molecule has 0 aliphatic heterocycles. The van der Waals surface area contributed by atoms with E-state index in [2.05, 4.69) is 15.6 Å². The van der Waals surface area contributed by atoms with Crippen LogP contribution in [0.1, 0.15) is 25.8 Å². The Morgan fingerprint density at radius 1 is 1.19 bits per heavy atom. The highest BCUT2D eigenvalue weighted by Gasteiger charge is 2.25. The first-order valence-electron chi connectivity index (χ1n) is 8.88. The number of hydrogen-bond donors (Lipinski definition) is 5. The Bertz CT molecular complexity index is 815. The first kappa shape index (κ1) is 20.4. The molecule has 2 atom stereocenters. The van der Waals surface area contributed by atoms with E-state index in [1.54, 1.807) is 6.20 Å². The van der Waals surface area contributed by atoms with E-state index in [0.717, 1.165) is 16.5 Å². The lowest BCUT2D eigenvalue weighted by atomic mass is 10.0. The summed E-state index contributed by atoms with van der Waals surface area (Å²) in [5.41, 5.74) is 7.67. The molecule has 0 saturated carbocycles. The number of carbonyl (C=O) groups is 3. The van der Waals surface area contributed by atoms with E-state index in [0.29, 0.717) is 6.42 Å². The summed E-state index contributed by atoms with van der Waals surface area (Å²) in [7, 11) is 0. The van der Waals surface area contributed by atoms with Gasteiger partial charge in [-0.05, 0) is 24.0 Å². The van der Waals surface area contributed by atoms with Crippen LogP contribution in [0.3, 0.4) is 0 Å². The minimum Gasteiger partial charge on any atom is -0.480 e. The molecule has 27 heavy (non-hydrogen) atoms. The molecule has 8 heteroatoms. The highest BCUT2D eigenvalue weighted by atomic mass is 16.4. The van der Waals surface area contributed by atoms with Crippen LogP contribution in [0.4, 0.5) is 0 Å². The van der Waals surface area contributed by atoms with Crippen molar-refractivity contribution >= 4 is 28.7 Å². The number of aromatic nitrogens is 1. The third kappa shape index (κ3) is 5.82. The summed E-state index contributed by atoms with van der Waals surface area (Å²) in [5, 5.41) is 14.7. The largest absolute Gasteiger partial charge is 0.480 e. The summed E-state index contributed by atoms with van der Waals surface area (Å²) in [6, 6.07) is 5.95. The second kappa shape index (κ2) is 9.18. The van der Waals surface area contributed by atoms with Crippen molar-refractivity contribution in [1.82, 2.24) is 15.6 Å². The van der Waals surface area contributed by atoms with Crippen LogP contribution in [0.5, 0.6) is 0 Å². The lowest BCUT2D eigenvalue weighted by Crippen LogP contribution is -2.53. The van der Waals surface area contributed by atoms with Crippen LogP contribution < -0.4 is 16.4 Å². The molecular weight excluding hydrogens is 348 g/mol. The Morgan fingerprint density at radius 2 is 1.89 bits per heavy atom. The first-order valence-corrected chi connectivity index (χ1v) is 8.88. The quantitative estimate of drug-likeness (QED) is 0.441. The van der Waals surface area contributed by atoms with E-state index in [4.69, 9.17) is 10.8 Å². The van der Waals surface area contributed by atoms with Crippen molar-refractivity contribution < 1.29 is 19.5 Å². The van der Waals surface area contributed by atoms with Gasteiger partial charge in [0.05, 0.1) is 6.04 Å². The lowest BCUT2D eigenvalue weighted by Gasteiger charge is -2.21. The number of para-hydroxylation sites is 1. The molecule has 2 rings (SSSR count). The Labute approximate surface area is 157 Å². The number of fused-ring (bicyclic) bond motifs is 1. The number of nitrogens with two attached hydrogens (primary N) is 1. The zero-order chi connectivity index (χ0) is 20.0. The lowest BCUT2D eigenvalue weighted by molar-refractivity contribution is -0.138. The van der Waals surface area contributed by atoms with Gasteiger partial charge in [0.15, 0.2) is 0 Å². The monoisotopic (exact) mass is 374 g/mol. The van der Waals surface area contributed by atoms with Gasteiger partial charge in [-0.3, -0.25) is 14.4 Å². The average molecular weight is 374 g/mol. The van der Waals surface area contributed by atoms with Gasteiger partial charge in [-0.2, -0.15) is 0 Å². The second-order valence-electron chi connectivity index (χ2n) is 6.97. The number of benzene rings is 1. The smallest absolute Gasteiger partial charge is 0.322 e. The summed E-state index contributed by atoms with van der Waals surface area (Å²) < 4.78 is 0. The van der Waals surface area contributed by atoms with Crippen LogP contribution in [0.2, 0.25) is 0 Å². The fourth-order valence-corrected chi connectivity index (χ4v) is 2.91. The molecule has 0 spiro atoms. The van der Waals surface area contributed by atoms with Gasteiger partial charge in [-0.15, -0.1) is 0 Å². The number of H-pyrrole nitrogens is 1. The standard InChI is InChI=1S/C19H26N4O4/c1-11(2)7-14(20)18(26)23-16(19(27)22-10-17(24)25)8-12-9-21-15-6-4-3-5-13(12)15/h3-6,9,11,14,16,21H,7-8,10,20H2,1-2H3,(H,22,27)(H,23,26)(H,24,25)/t14-,16-/m0/s1. The highest BCUT2D eigenvalue weighted by Crippen LogP contribution is 2.19. The highest BCUT2D eigenvalue weighted by molar-refractivity contribution is 5.92. The molecule has 2 aromatic rings. The molecule has 0 unspecified atom stereocenters. The second-order valence-corrected chi connectivity index (χ2v) is 6.97. The van der Waals surface area contributed by atoms with Crippen LogP contribution in [-0.2, 0) is 20.8 Å². The molecule has 6 N–H and O–H groups in total. The van der Waals surface area contributed by atoms with E-state index in [9.17, 15) is 14.4 Å². The maximum Gasteiger partial charge on any atom is 0.322 e. The predicted octanol–water partition coefficient (Wildman–Crippen LogP) is 0.769. The van der Waals surface area contributed by atoms with Crippen molar-refractivity contribution in [2.75, 3.05) is 6.54 Å². The van der Waals surface area contributed by atoms with E-state index >= 15 is 0 Å². The number of carbonyl (C=O) groups excluding carboxylic acids is 2. The Balaban J connectivity index is 2.17. The Kier molecular flexibility index (Phi) is 6.95. The van der Waals surface area contributed by atoms with Crippen LogP contribution in [0, 0.1) is 5.92 Å². The molecular formula is C19H26N4O4. The molecule has 1 heterocycles. The molecule has 0 saturated heterocycles.